The molecular formula is C22H26N4O4S2. The Morgan fingerprint density at radius 1 is 1.31 bits per heavy atom. The van der Waals surface area contributed by atoms with E-state index in [4.69, 9.17) is 9.72 Å². The number of methoxy groups -OCH3 is 1. The van der Waals surface area contributed by atoms with E-state index in [0.29, 0.717) is 33.4 Å². The number of nitrogens with zero attached hydrogens (tertiary/aromatic N) is 2. The maximum atomic E-state index is 13.6. The van der Waals surface area contributed by atoms with Gasteiger partial charge in [-0.15, -0.1) is 11.3 Å². The molecule has 0 fully saturated rings. The number of carbonyl (C=O) groups is 2. The molecule has 0 radical (unpaired) electrons. The predicted octanol–water partition coefficient (Wildman–Crippen LogP) is 3.65. The van der Waals surface area contributed by atoms with Crippen LogP contribution in [0.4, 0.5) is 4.79 Å². The van der Waals surface area contributed by atoms with Crippen molar-refractivity contribution in [1.82, 2.24) is 20.2 Å². The van der Waals surface area contributed by atoms with E-state index in [1.54, 1.807) is 45.2 Å². The summed E-state index contributed by atoms with van der Waals surface area (Å²) in [5.74, 6) is 0.132. The third kappa shape index (κ3) is 4.81. The van der Waals surface area contributed by atoms with Crippen molar-refractivity contribution in [3.05, 3.63) is 45.1 Å². The molecule has 32 heavy (non-hydrogen) atoms. The number of rotatable bonds is 7. The van der Waals surface area contributed by atoms with Crippen molar-refractivity contribution in [3.63, 3.8) is 0 Å². The van der Waals surface area contributed by atoms with E-state index < -0.39 is 17.2 Å². The van der Waals surface area contributed by atoms with Gasteiger partial charge in [0.25, 0.3) is 5.56 Å². The van der Waals surface area contributed by atoms with Crippen molar-refractivity contribution >= 4 is 45.3 Å². The van der Waals surface area contributed by atoms with Gasteiger partial charge in [0, 0.05) is 17.5 Å². The van der Waals surface area contributed by atoms with Crippen molar-refractivity contribution in [2.24, 2.45) is 0 Å². The second kappa shape index (κ2) is 10.2. The standard InChI is InChI=1S/C22H26N4O4S2/c1-6-16-12(3)17-19(32-16)25-22(31-13(4)18(27)24-21(29)23-7-2)26(20(17)28)14-9-8-10-15(11-14)30-5/h8-11,13H,6-7H2,1-5H3,(H2,23,24,27,29). The van der Waals surface area contributed by atoms with Gasteiger partial charge >= 0.3 is 6.03 Å². The summed E-state index contributed by atoms with van der Waals surface area (Å²) in [7, 11) is 1.56. The number of benzene rings is 1. The molecule has 8 nitrogen and oxygen atoms in total. The number of hydrogen-bond donors (Lipinski definition) is 2. The summed E-state index contributed by atoms with van der Waals surface area (Å²) >= 11 is 2.61. The highest BCUT2D eigenvalue weighted by atomic mass is 32.2. The van der Waals surface area contributed by atoms with Crippen LogP contribution in [0.5, 0.6) is 5.75 Å². The second-order valence-electron chi connectivity index (χ2n) is 7.03. The summed E-state index contributed by atoms with van der Waals surface area (Å²) in [5.41, 5.74) is 1.32. The molecule has 2 N–H and O–H groups in total. The van der Waals surface area contributed by atoms with Gasteiger partial charge in [0.1, 0.15) is 10.6 Å². The summed E-state index contributed by atoms with van der Waals surface area (Å²) in [6, 6.07) is 6.58. The van der Waals surface area contributed by atoms with Crippen LogP contribution < -0.4 is 20.9 Å². The van der Waals surface area contributed by atoms with Crippen LogP contribution in [-0.4, -0.2) is 40.4 Å². The Labute approximate surface area is 194 Å². The van der Waals surface area contributed by atoms with E-state index >= 15 is 0 Å². The average Bonchev–Trinajstić information content (AvgIpc) is 3.09. The van der Waals surface area contributed by atoms with Gasteiger partial charge in [-0.2, -0.15) is 0 Å². The SMILES string of the molecule is CCNC(=O)NC(=O)C(C)Sc1nc2sc(CC)c(C)c2c(=O)n1-c1cccc(OC)c1. The van der Waals surface area contributed by atoms with Crippen molar-refractivity contribution in [1.29, 1.82) is 0 Å². The zero-order valence-electron chi connectivity index (χ0n) is 18.6. The van der Waals surface area contributed by atoms with Gasteiger partial charge in [-0.05, 0) is 44.9 Å². The first-order chi connectivity index (χ1) is 15.3. The number of fused-ring (bicyclic) bond motifs is 1. The Morgan fingerprint density at radius 2 is 2.06 bits per heavy atom. The van der Waals surface area contributed by atoms with Crippen molar-refractivity contribution in [2.75, 3.05) is 13.7 Å². The predicted molar refractivity (Wildman–Crippen MR) is 128 cm³/mol. The third-order valence-corrected chi connectivity index (χ3v) is 7.27. The van der Waals surface area contributed by atoms with Crippen molar-refractivity contribution in [3.8, 4) is 11.4 Å². The van der Waals surface area contributed by atoms with Crippen LogP contribution >= 0.6 is 23.1 Å². The van der Waals surface area contributed by atoms with Crippen LogP contribution in [0.25, 0.3) is 15.9 Å². The number of thiophene rings is 1. The molecule has 0 aliphatic carbocycles. The van der Waals surface area contributed by atoms with Crippen LogP contribution in [0.15, 0.2) is 34.2 Å². The average molecular weight is 475 g/mol. The lowest BCUT2D eigenvalue weighted by Gasteiger charge is -2.16. The number of aryl methyl sites for hydroxylation is 2. The fourth-order valence-corrected chi connectivity index (χ4v) is 5.32. The zero-order chi connectivity index (χ0) is 23.4. The monoisotopic (exact) mass is 474 g/mol. The Kier molecular flexibility index (Phi) is 7.57. The van der Waals surface area contributed by atoms with Gasteiger partial charge in [-0.25, -0.2) is 9.78 Å². The first-order valence-corrected chi connectivity index (χ1v) is 11.9. The minimum absolute atomic E-state index is 0.199. The largest absolute Gasteiger partial charge is 0.497 e. The molecule has 1 atom stereocenters. The lowest BCUT2D eigenvalue weighted by molar-refractivity contribution is -0.119. The molecule has 0 bridgehead atoms. The van der Waals surface area contributed by atoms with Gasteiger partial charge < -0.3 is 10.1 Å². The Morgan fingerprint density at radius 3 is 2.72 bits per heavy atom. The Balaban J connectivity index is 2.12. The fraction of sp³-hybridized carbons (Fsp3) is 0.364. The summed E-state index contributed by atoms with van der Waals surface area (Å²) in [4.78, 5) is 44.4. The Hall–Kier alpha value is -2.85. The molecule has 170 valence electrons. The number of ether oxygens (including phenoxy) is 1. The number of amides is 3. The molecule has 1 unspecified atom stereocenters. The molecule has 2 heterocycles. The van der Waals surface area contributed by atoms with Crippen molar-refractivity contribution < 1.29 is 14.3 Å². The lowest BCUT2D eigenvalue weighted by Crippen LogP contribution is -2.42. The van der Waals surface area contributed by atoms with Crippen LogP contribution in [0.3, 0.4) is 0 Å². The van der Waals surface area contributed by atoms with Crippen LogP contribution in [-0.2, 0) is 11.2 Å². The van der Waals surface area contributed by atoms with Gasteiger partial charge in [0.15, 0.2) is 5.16 Å². The highest BCUT2D eigenvalue weighted by Gasteiger charge is 2.23. The number of hydrogen-bond acceptors (Lipinski definition) is 7. The Bertz CT molecular complexity index is 1220. The molecule has 3 amide bonds. The maximum absolute atomic E-state index is 13.6. The summed E-state index contributed by atoms with van der Waals surface area (Å²) in [6.45, 7) is 7.82. The number of imide groups is 1. The fourth-order valence-electron chi connectivity index (χ4n) is 3.23. The molecule has 10 heteroatoms. The molecule has 0 saturated carbocycles. The van der Waals surface area contributed by atoms with Gasteiger partial charge in [0.05, 0.1) is 23.4 Å². The smallest absolute Gasteiger partial charge is 0.321 e. The summed E-state index contributed by atoms with van der Waals surface area (Å²) in [6.07, 6.45) is 0.805. The van der Waals surface area contributed by atoms with Crippen molar-refractivity contribution in [2.45, 2.75) is 44.5 Å². The highest BCUT2D eigenvalue weighted by Crippen LogP contribution is 2.32. The quantitative estimate of drug-likeness (QED) is 0.400. The van der Waals surface area contributed by atoms with E-state index in [-0.39, 0.29) is 5.56 Å². The minimum atomic E-state index is -0.662. The van der Waals surface area contributed by atoms with Crippen LogP contribution in [0, 0.1) is 6.92 Å². The lowest BCUT2D eigenvalue weighted by atomic mass is 10.2. The molecule has 3 rings (SSSR count). The molecule has 3 aromatic rings. The molecule has 2 aromatic heterocycles. The highest BCUT2D eigenvalue weighted by molar-refractivity contribution is 8.00. The molecule has 0 spiro atoms. The second-order valence-corrected chi connectivity index (χ2v) is 9.42. The first-order valence-electron chi connectivity index (χ1n) is 10.2. The number of nitrogens with one attached hydrogen (secondary N) is 2. The molecule has 0 aliphatic heterocycles. The number of thioether (sulfide) groups is 1. The minimum Gasteiger partial charge on any atom is -0.497 e. The van der Waals surface area contributed by atoms with E-state index in [1.165, 1.54) is 15.9 Å². The van der Waals surface area contributed by atoms with E-state index in [9.17, 15) is 14.4 Å². The van der Waals surface area contributed by atoms with Crippen LogP contribution in [0.1, 0.15) is 31.2 Å². The molecular weight excluding hydrogens is 448 g/mol. The first kappa shape index (κ1) is 23.8. The van der Waals surface area contributed by atoms with Gasteiger partial charge in [-0.1, -0.05) is 24.8 Å². The number of carbonyl (C=O) groups excluding carboxylic acids is 2. The third-order valence-electron chi connectivity index (χ3n) is 4.89. The summed E-state index contributed by atoms with van der Waals surface area (Å²) in [5, 5.41) is 5.13. The topological polar surface area (TPSA) is 102 Å². The molecule has 0 aliphatic rings. The van der Waals surface area contributed by atoms with Gasteiger partial charge in [-0.3, -0.25) is 19.5 Å². The number of urea groups is 1. The molecule has 1 aromatic carbocycles. The molecule has 0 saturated heterocycles. The zero-order valence-corrected chi connectivity index (χ0v) is 20.3. The van der Waals surface area contributed by atoms with E-state index in [2.05, 4.69) is 10.6 Å². The van der Waals surface area contributed by atoms with E-state index in [1.807, 2.05) is 13.8 Å². The van der Waals surface area contributed by atoms with Gasteiger partial charge in [0.2, 0.25) is 5.91 Å². The summed E-state index contributed by atoms with van der Waals surface area (Å²) < 4.78 is 6.83. The van der Waals surface area contributed by atoms with E-state index in [0.717, 1.165) is 28.6 Å². The maximum Gasteiger partial charge on any atom is 0.321 e. The number of aromatic nitrogens is 2. The normalized spacial score (nSPS) is 11.9. The van der Waals surface area contributed by atoms with Crippen LogP contribution in [0.2, 0.25) is 0 Å².